The number of carbonyl (C=O) groups is 3. The Morgan fingerprint density at radius 3 is 2.12 bits per heavy atom. The number of hydrogen-bond acceptors (Lipinski definition) is 6. The maximum absolute atomic E-state index is 12.7. The fourth-order valence-corrected chi connectivity index (χ4v) is 2.91. The van der Waals surface area contributed by atoms with E-state index in [1.807, 2.05) is 0 Å². The number of esters is 1. The number of rotatable bonds is 2. The van der Waals surface area contributed by atoms with Gasteiger partial charge in [-0.05, 0) is 13.0 Å². The van der Waals surface area contributed by atoms with E-state index in [9.17, 15) is 24.6 Å². The molecule has 6 nitrogen and oxygen atoms in total. The van der Waals surface area contributed by atoms with E-state index in [0.29, 0.717) is 0 Å². The van der Waals surface area contributed by atoms with E-state index in [4.69, 9.17) is 0 Å². The van der Waals surface area contributed by atoms with Crippen molar-refractivity contribution in [3.05, 3.63) is 58.1 Å². The van der Waals surface area contributed by atoms with Crippen molar-refractivity contribution in [2.24, 2.45) is 0 Å². The van der Waals surface area contributed by atoms with Gasteiger partial charge in [0, 0.05) is 16.7 Å². The molecule has 0 bridgehead atoms. The normalized spacial score (nSPS) is 13.9. The molecule has 2 aromatic carbocycles. The molecular weight excluding hydrogens is 312 g/mol. The summed E-state index contributed by atoms with van der Waals surface area (Å²) in [7, 11) is 1.19. The lowest BCUT2D eigenvalue weighted by Gasteiger charge is -2.22. The van der Waals surface area contributed by atoms with Crippen LogP contribution in [-0.2, 0) is 9.53 Å². The van der Waals surface area contributed by atoms with E-state index in [-0.39, 0.29) is 27.8 Å². The Hall–Kier alpha value is -3.15. The minimum absolute atomic E-state index is 0.0265. The molecule has 6 heteroatoms. The molecule has 1 aliphatic carbocycles. The SMILES string of the molecule is COC(=O)C(C)c1cc(O)c2c(c1O)C(=O)c1ccccc1C2=O. The molecule has 1 atom stereocenters. The molecule has 0 saturated heterocycles. The molecule has 2 aromatic rings. The van der Waals surface area contributed by atoms with Crippen molar-refractivity contribution in [2.45, 2.75) is 12.8 Å². The first-order valence-electron chi connectivity index (χ1n) is 7.23. The van der Waals surface area contributed by atoms with Crippen LogP contribution in [0.3, 0.4) is 0 Å². The molecule has 0 heterocycles. The van der Waals surface area contributed by atoms with E-state index < -0.39 is 35.0 Å². The van der Waals surface area contributed by atoms with E-state index in [1.165, 1.54) is 26.2 Å². The second-order valence-electron chi connectivity index (χ2n) is 5.53. The second-order valence-corrected chi connectivity index (χ2v) is 5.53. The van der Waals surface area contributed by atoms with Crippen LogP contribution in [0.15, 0.2) is 30.3 Å². The first-order chi connectivity index (χ1) is 11.4. The zero-order chi connectivity index (χ0) is 17.6. The fourth-order valence-electron chi connectivity index (χ4n) is 2.91. The lowest BCUT2D eigenvalue weighted by Crippen LogP contribution is -2.22. The Morgan fingerprint density at radius 1 is 1.04 bits per heavy atom. The molecule has 1 unspecified atom stereocenters. The number of methoxy groups -OCH3 is 1. The van der Waals surface area contributed by atoms with Crippen molar-refractivity contribution in [1.82, 2.24) is 0 Å². The summed E-state index contributed by atoms with van der Waals surface area (Å²) in [6, 6.07) is 7.30. The summed E-state index contributed by atoms with van der Waals surface area (Å²) in [5.74, 6) is -3.63. The highest BCUT2D eigenvalue weighted by atomic mass is 16.5. The predicted molar refractivity (Wildman–Crippen MR) is 83.5 cm³/mol. The van der Waals surface area contributed by atoms with Crippen molar-refractivity contribution in [2.75, 3.05) is 7.11 Å². The van der Waals surface area contributed by atoms with Gasteiger partial charge in [0.15, 0.2) is 11.6 Å². The Balaban J connectivity index is 2.28. The molecular formula is C18H14O6. The summed E-state index contributed by atoms with van der Waals surface area (Å²) in [5.41, 5.74) is -0.203. The summed E-state index contributed by atoms with van der Waals surface area (Å²) in [4.78, 5) is 37.0. The third-order valence-electron chi connectivity index (χ3n) is 4.20. The summed E-state index contributed by atoms with van der Waals surface area (Å²) < 4.78 is 4.63. The Morgan fingerprint density at radius 2 is 1.58 bits per heavy atom. The van der Waals surface area contributed by atoms with Gasteiger partial charge < -0.3 is 14.9 Å². The molecule has 1 aliphatic rings. The van der Waals surface area contributed by atoms with Gasteiger partial charge in [0.25, 0.3) is 0 Å². The molecule has 0 aliphatic heterocycles. The van der Waals surface area contributed by atoms with Crippen LogP contribution in [0.1, 0.15) is 50.2 Å². The summed E-state index contributed by atoms with van der Waals surface area (Å²) in [6.07, 6.45) is 0. The average molecular weight is 326 g/mol. The van der Waals surface area contributed by atoms with Crippen LogP contribution in [0.5, 0.6) is 11.5 Å². The van der Waals surface area contributed by atoms with Gasteiger partial charge in [-0.25, -0.2) is 0 Å². The summed E-state index contributed by atoms with van der Waals surface area (Å²) in [6.45, 7) is 1.47. The Bertz CT molecular complexity index is 897. The monoisotopic (exact) mass is 326 g/mol. The molecule has 0 saturated carbocycles. The number of aromatic hydroxyl groups is 2. The maximum Gasteiger partial charge on any atom is 0.312 e. The van der Waals surface area contributed by atoms with Crippen LogP contribution in [0.2, 0.25) is 0 Å². The van der Waals surface area contributed by atoms with E-state index in [1.54, 1.807) is 12.1 Å². The van der Waals surface area contributed by atoms with Gasteiger partial charge in [0.05, 0.1) is 24.2 Å². The fraction of sp³-hybridized carbons (Fsp3) is 0.167. The minimum Gasteiger partial charge on any atom is -0.507 e. The lowest BCUT2D eigenvalue weighted by atomic mass is 9.81. The Kier molecular flexibility index (Phi) is 3.60. The van der Waals surface area contributed by atoms with Crippen LogP contribution >= 0.6 is 0 Å². The number of benzene rings is 2. The molecule has 3 rings (SSSR count). The van der Waals surface area contributed by atoms with Gasteiger partial charge in [0.2, 0.25) is 0 Å². The maximum atomic E-state index is 12.7. The number of phenols is 2. The van der Waals surface area contributed by atoms with Gasteiger partial charge in [-0.15, -0.1) is 0 Å². The topological polar surface area (TPSA) is 101 Å². The molecule has 2 N–H and O–H groups in total. The van der Waals surface area contributed by atoms with Gasteiger partial charge >= 0.3 is 5.97 Å². The molecule has 122 valence electrons. The first-order valence-corrected chi connectivity index (χ1v) is 7.23. The van der Waals surface area contributed by atoms with Gasteiger partial charge in [0.1, 0.15) is 11.5 Å². The third kappa shape index (κ3) is 2.07. The van der Waals surface area contributed by atoms with Crippen molar-refractivity contribution in [3.63, 3.8) is 0 Å². The molecule has 0 aromatic heterocycles. The highest BCUT2D eigenvalue weighted by molar-refractivity contribution is 6.30. The van der Waals surface area contributed by atoms with Crippen LogP contribution in [0, 0.1) is 0 Å². The molecule has 24 heavy (non-hydrogen) atoms. The van der Waals surface area contributed by atoms with Crippen LogP contribution in [0.25, 0.3) is 0 Å². The predicted octanol–water partition coefficient (Wildman–Crippen LogP) is 2.15. The van der Waals surface area contributed by atoms with Gasteiger partial charge in [-0.1, -0.05) is 24.3 Å². The zero-order valence-electron chi connectivity index (χ0n) is 13.0. The zero-order valence-corrected chi connectivity index (χ0v) is 13.0. The highest BCUT2D eigenvalue weighted by Crippen LogP contribution is 2.42. The standard InChI is InChI=1S/C18H14O6/c1-8(18(23)24-2)11-7-12(19)13-14(17(11)22)16(21)10-6-4-3-5-9(10)15(13)20/h3-8,19,22H,1-2H3. The second kappa shape index (κ2) is 5.49. The lowest BCUT2D eigenvalue weighted by molar-refractivity contribution is -0.142. The Labute approximate surface area is 137 Å². The van der Waals surface area contributed by atoms with Gasteiger partial charge in [-0.3, -0.25) is 14.4 Å². The number of ketones is 2. The minimum atomic E-state index is -0.911. The molecule has 0 amide bonds. The van der Waals surface area contributed by atoms with Crippen molar-refractivity contribution < 1.29 is 29.3 Å². The van der Waals surface area contributed by atoms with Crippen LogP contribution in [-0.4, -0.2) is 34.9 Å². The van der Waals surface area contributed by atoms with E-state index >= 15 is 0 Å². The smallest absolute Gasteiger partial charge is 0.312 e. The van der Waals surface area contributed by atoms with E-state index in [0.717, 1.165) is 6.07 Å². The number of carbonyl (C=O) groups excluding carboxylic acids is 3. The number of fused-ring (bicyclic) bond motifs is 2. The molecule has 0 radical (unpaired) electrons. The van der Waals surface area contributed by atoms with Crippen molar-refractivity contribution in [1.29, 1.82) is 0 Å². The quantitative estimate of drug-likeness (QED) is 0.553. The van der Waals surface area contributed by atoms with Crippen LogP contribution in [0.4, 0.5) is 0 Å². The number of hydrogen-bond donors (Lipinski definition) is 2. The number of phenolic OH excluding ortho intramolecular Hbond substituents is 2. The molecule has 0 fully saturated rings. The van der Waals surface area contributed by atoms with Crippen molar-refractivity contribution >= 4 is 17.5 Å². The summed E-state index contributed by atoms with van der Waals surface area (Å²) in [5, 5.41) is 20.7. The summed E-state index contributed by atoms with van der Waals surface area (Å²) >= 11 is 0. The van der Waals surface area contributed by atoms with E-state index in [2.05, 4.69) is 4.74 Å². The largest absolute Gasteiger partial charge is 0.507 e. The van der Waals surface area contributed by atoms with Crippen LogP contribution < -0.4 is 0 Å². The molecule has 0 spiro atoms. The highest BCUT2D eigenvalue weighted by Gasteiger charge is 2.36. The van der Waals surface area contributed by atoms with Gasteiger partial charge in [-0.2, -0.15) is 0 Å². The number of ether oxygens (including phenoxy) is 1. The first kappa shape index (κ1) is 15.7. The average Bonchev–Trinajstić information content (AvgIpc) is 2.59. The third-order valence-corrected chi connectivity index (χ3v) is 4.20. The van der Waals surface area contributed by atoms with Crippen molar-refractivity contribution in [3.8, 4) is 11.5 Å².